The second kappa shape index (κ2) is 6.83. The number of rotatable bonds is 4. The lowest BCUT2D eigenvalue weighted by atomic mass is 10.1. The first-order valence-corrected chi connectivity index (χ1v) is 8.08. The van der Waals surface area contributed by atoms with Crippen LogP contribution in [-0.4, -0.2) is 40.0 Å². The van der Waals surface area contributed by atoms with Crippen LogP contribution in [0.3, 0.4) is 0 Å². The summed E-state index contributed by atoms with van der Waals surface area (Å²) in [6, 6.07) is 2.12. The lowest BCUT2D eigenvalue weighted by molar-refractivity contribution is -0.133. The average Bonchev–Trinajstić information content (AvgIpc) is 3.03. The molecule has 0 aliphatic carbocycles. The maximum absolute atomic E-state index is 12.8. The molecular weight excluding hydrogens is 305 g/mol. The zero-order valence-electron chi connectivity index (χ0n) is 11.9. The summed E-state index contributed by atoms with van der Waals surface area (Å²) >= 11 is 1.59. The van der Waals surface area contributed by atoms with Crippen LogP contribution in [0.25, 0.3) is 0 Å². The van der Waals surface area contributed by atoms with Gasteiger partial charge in [0.2, 0.25) is 5.91 Å². The van der Waals surface area contributed by atoms with Crippen LogP contribution < -0.4 is 4.74 Å². The Hall–Kier alpha value is -2.02. The van der Waals surface area contributed by atoms with E-state index >= 15 is 0 Å². The topological polar surface area (TPSA) is 55.3 Å². The molecule has 1 amide bonds. The Bertz CT molecular complexity index is 618. The van der Waals surface area contributed by atoms with Crippen molar-refractivity contribution in [2.45, 2.75) is 25.4 Å². The third-order valence-corrected chi connectivity index (χ3v) is 4.27. The van der Waals surface area contributed by atoms with Gasteiger partial charge < -0.3 is 9.64 Å². The van der Waals surface area contributed by atoms with Gasteiger partial charge in [0.05, 0.1) is 25.4 Å². The van der Waals surface area contributed by atoms with Crippen molar-refractivity contribution in [2.24, 2.45) is 0 Å². The van der Waals surface area contributed by atoms with Gasteiger partial charge in [-0.05, 0) is 35.2 Å². The van der Waals surface area contributed by atoms with E-state index in [2.05, 4.69) is 9.97 Å². The second-order valence-corrected chi connectivity index (χ2v) is 5.99. The third-order valence-electron chi connectivity index (χ3n) is 3.54. The van der Waals surface area contributed by atoms with Gasteiger partial charge in [0.15, 0.2) is 5.82 Å². The molecule has 0 radical (unpaired) electrons. The third kappa shape index (κ3) is 3.79. The summed E-state index contributed by atoms with van der Waals surface area (Å²) in [4.78, 5) is 21.7. The standard InChI is InChI=1S/C15H16FN3O2S/c16-12-7-17-15(18-8-12)21-13-2-1-4-19(9-13)14(20)6-11-3-5-22-10-11/h3,5,7-8,10,13H,1-2,4,6,9H2/t13-/m1/s1. The molecule has 2 aromatic rings. The Morgan fingerprint density at radius 3 is 3.00 bits per heavy atom. The molecule has 0 spiro atoms. The normalized spacial score (nSPS) is 18.2. The Morgan fingerprint density at radius 2 is 2.27 bits per heavy atom. The van der Waals surface area contributed by atoms with E-state index in [1.807, 2.05) is 21.7 Å². The first-order chi connectivity index (χ1) is 10.7. The smallest absolute Gasteiger partial charge is 0.316 e. The Kier molecular flexibility index (Phi) is 4.62. The fraction of sp³-hybridized carbons (Fsp3) is 0.400. The minimum absolute atomic E-state index is 0.103. The quantitative estimate of drug-likeness (QED) is 0.867. The van der Waals surface area contributed by atoms with Gasteiger partial charge in [-0.25, -0.2) is 14.4 Å². The van der Waals surface area contributed by atoms with E-state index in [1.54, 1.807) is 11.3 Å². The molecule has 22 heavy (non-hydrogen) atoms. The van der Waals surface area contributed by atoms with Crippen molar-refractivity contribution in [3.8, 4) is 6.01 Å². The summed E-state index contributed by atoms with van der Waals surface area (Å²) in [5.41, 5.74) is 1.04. The van der Waals surface area contributed by atoms with Gasteiger partial charge in [-0.3, -0.25) is 4.79 Å². The van der Waals surface area contributed by atoms with Crippen molar-refractivity contribution in [1.29, 1.82) is 0 Å². The number of hydrogen-bond acceptors (Lipinski definition) is 5. The number of thiophene rings is 1. The van der Waals surface area contributed by atoms with Crippen LogP contribution in [0.1, 0.15) is 18.4 Å². The van der Waals surface area contributed by atoms with E-state index in [1.165, 1.54) is 0 Å². The van der Waals surface area contributed by atoms with Crippen molar-refractivity contribution >= 4 is 17.2 Å². The number of likely N-dealkylation sites (tertiary alicyclic amines) is 1. The number of piperidine rings is 1. The summed E-state index contributed by atoms with van der Waals surface area (Å²) in [5.74, 6) is -0.393. The predicted octanol–water partition coefficient (Wildman–Crippen LogP) is 2.29. The van der Waals surface area contributed by atoms with Crippen LogP contribution in [0.5, 0.6) is 6.01 Å². The lowest BCUT2D eigenvalue weighted by Gasteiger charge is -2.32. The number of carbonyl (C=O) groups is 1. The molecule has 1 aliphatic heterocycles. The minimum Gasteiger partial charge on any atom is -0.458 e. The van der Waals surface area contributed by atoms with E-state index in [-0.39, 0.29) is 18.0 Å². The van der Waals surface area contributed by atoms with Crippen LogP contribution >= 0.6 is 11.3 Å². The highest BCUT2D eigenvalue weighted by Gasteiger charge is 2.25. The van der Waals surface area contributed by atoms with Crippen molar-refractivity contribution < 1.29 is 13.9 Å². The van der Waals surface area contributed by atoms with Crippen molar-refractivity contribution in [3.63, 3.8) is 0 Å². The molecule has 116 valence electrons. The number of halogens is 1. The van der Waals surface area contributed by atoms with Gasteiger partial charge in [0, 0.05) is 6.54 Å². The lowest BCUT2D eigenvalue weighted by Crippen LogP contribution is -2.45. The van der Waals surface area contributed by atoms with Crippen molar-refractivity contribution in [2.75, 3.05) is 13.1 Å². The summed E-state index contributed by atoms with van der Waals surface area (Å²) in [5, 5.41) is 3.96. The fourth-order valence-electron chi connectivity index (χ4n) is 2.45. The molecule has 1 aliphatic rings. The fourth-order valence-corrected chi connectivity index (χ4v) is 3.12. The molecule has 0 saturated carbocycles. The van der Waals surface area contributed by atoms with Gasteiger partial charge in [-0.1, -0.05) is 0 Å². The number of nitrogens with zero attached hydrogens (tertiary/aromatic N) is 3. The molecule has 1 atom stereocenters. The highest BCUT2D eigenvalue weighted by molar-refractivity contribution is 7.07. The molecule has 0 aromatic carbocycles. The molecule has 1 saturated heterocycles. The van der Waals surface area contributed by atoms with Crippen molar-refractivity contribution in [3.05, 3.63) is 40.6 Å². The molecule has 3 rings (SSSR count). The first-order valence-electron chi connectivity index (χ1n) is 7.14. The van der Waals surface area contributed by atoms with E-state index in [0.29, 0.717) is 13.0 Å². The molecule has 3 heterocycles. The maximum Gasteiger partial charge on any atom is 0.316 e. The Labute approximate surface area is 131 Å². The summed E-state index contributed by atoms with van der Waals surface area (Å²) < 4.78 is 18.4. The number of carbonyl (C=O) groups excluding carboxylic acids is 1. The highest BCUT2D eigenvalue weighted by Crippen LogP contribution is 2.17. The summed E-state index contributed by atoms with van der Waals surface area (Å²) in [6.45, 7) is 1.26. The van der Waals surface area contributed by atoms with Gasteiger partial charge in [0.25, 0.3) is 0 Å². The van der Waals surface area contributed by atoms with Gasteiger partial charge >= 0.3 is 6.01 Å². The first kappa shape index (κ1) is 14.9. The molecule has 0 N–H and O–H groups in total. The van der Waals surface area contributed by atoms with Crippen LogP contribution in [0.15, 0.2) is 29.2 Å². The SMILES string of the molecule is O=C(Cc1ccsc1)N1CCC[C@@H](Oc2ncc(F)cn2)C1. The maximum atomic E-state index is 12.8. The molecule has 1 fully saturated rings. The second-order valence-electron chi connectivity index (χ2n) is 5.21. The monoisotopic (exact) mass is 321 g/mol. The van der Waals surface area contributed by atoms with Crippen LogP contribution in [0, 0.1) is 5.82 Å². The zero-order valence-corrected chi connectivity index (χ0v) is 12.8. The zero-order chi connectivity index (χ0) is 15.4. The van der Waals surface area contributed by atoms with Crippen molar-refractivity contribution in [1.82, 2.24) is 14.9 Å². The molecule has 0 unspecified atom stereocenters. The number of hydrogen-bond donors (Lipinski definition) is 0. The number of aromatic nitrogens is 2. The van der Waals surface area contributed by atoms with Gasteiger partial charge in [0.1, 0.15) is 6.10 Å². The van der Waals surface area contributed by atoms with E-state index < -0.39 is 5.82 Å². The molecule has 7 heteroatoms. The molecule has 0 bridgehead atoms. The van der Waals surface area contributed by atoms with E-state index in [9.17, 15) is 9.18 Å². The molecular formula is C15H16FN3O2S. The van der Waals surface area contributed by atoms with Gasteiger partial charge in [-0.2, -0.15) is 11.3 Å². The summed E-state index contributed by atoms with van der Waals surface area (Å²) in [7, 11) is 0. The van der Waals surface area contributed by atoms with Gasteiger partial charge in [-0.15, -0.1) is 0 Å². The van der Waals surface area contributed by atoms with Crippen LogP contribution in [0.4, 0.5) is 4.39 Å². The number of amides is 1. The Balaban J connectivity index is 1.56. The summed E-state index contributed by atoms with van der Waals surface area (Å²) in [6.07, 6.45) is 4.13. The average molecular weight is 321 g/mol. The van der Waals surface area contributed by atoms with Crippen LogP contribution in [-0.2, 0) is 11.2 Å². The highest BCUT2D eigenvalue weighted by atomic mass is 32.1. The van der Waals surface area contributed by atoms with Crippen LogP contribution in [0.2, 0.25) is 0 Å². The molecule has 5 nitrogen and oxygen atoms in total. The minimum atomic E-state index is -0.497. The Morgan fingerprint density at radius 1 is 1.45 bits per heavy atom. The largest absolute Gasteiger partial charge is 0.458 e. The van der Waals surface area contributed by atoms with E-state index in [4.69, 9.17) is 4.74 Å². The van der Waals surface area contributed by atoms with E-state index in [0.717, 1.165) is 37.3 Å². The molecule has 2 aromatic heterocycles. The number of ether oxygens (including phenoxy) is 1. The predicted molar refractivity (Wildman–Crippen MR) is 80.2 cm³/mol.